The van der Waals surface area contributed by atoms with Gasteiger partial charge < -0.3 is 10.1 Å². The summed E-state index contributed by atoms with van der Waals surface area (Å²) >= 11 is 0. The van der Waals surface area contributed by atoms with Gasteiger partial charge >= 0.3 is 0 Å². The van der Waals surface area contributed by atoms with E-state index in [1.54, 1.807) is 11.6 Å². The van der Waals surface area contributed by atoms with E-state index in [0.717, 1.165) is 22.4 Å². The van der Waals surface area contributed by atoms with Crippen molar-refractivity contribution in [1.82, 2.24) is 20.5 Å². The molecule has 2 aromatic rings. The lowest BCUT2D eigenvalue weighted by molar-refractivity contribution is -0.128. The van der Waals surface area contributed by atoms with Gasteiger partial charge in [0.25, 0.3) is 0 Å². The molecule has 138 valence electrons. The summed E-state index contributed by atoms with van der Waals surface area (Å²) < 4.78 is 0. The molecule has 0 fully saturated rings. The summed E-state index contributed by atoms with van der Waals surface area (Å²) in [6.07, 6.45) is 1.67. The number of benzene rings is 1. The molecule has 3 rings (SSSR count). The van der Waals surface area contributed by atoms with Crippen molar-refractivity contribution < 1.29 is 15.1 Å². The highest BCUT2D eigenvalue weighted by molar-refractivity contribution is 5.78. The SMILES string of the molecule is CC(C)C(c1nc2c(CO)cccc2[nH]1)N1C/C(=C/CC(=O)NO)N=N1. The molecule has 1 aromatic carbocycles. The summed E-state index contributed by atoms with van der Waals surface area (Å²) in [5, 5.41) is 28.2. The summed E-state index contributed by atoms with van der Waals surface area (Å²) in [4.78, 5) is 19.2. The van der Waals surface area contributed by atoms with Crippen molar-refractivity contribution >= 4 is 16.9 Å². The molecule has 1 atom stereocenters. The fourth-order valence-corrected chi connectivity index (χ4v) is 3.04. The highest BCUT2D eigenvalue weighted by Crippen LogP contribution is 2.32. The van der Waals surface area contributed by atoms with Crippen molar-refractivity contribution in [3.63, 3.8) is 0 Å². The van der Waals surface area contributed by atoms with Crippen LogP contribution in [0.2, 0.25) is 0 Å². The van der Waals surface area contributed by atoms with E-state index in [2.05, 4.69) is 34.2 Å². The van der Waals surface area contributed by atoms with Gasteiger partial charge in [-0.3, -0.25) is 15.0 Å². The Kier molecular flexibility index (Phi) is 5.29. The predicted molar refractivity (Wildman–Crippen MR) is 93.8 cm³/mol. The summed E-state index contributed by atoms with van der Waals surface area (Å²) in [7, 11) is 0. The molecule has 9 heteroatoms. The lowest BCUT2D eigenvalue weighted by atomic mass is 10.0. The molecule has 2 heterocycles. The van der Waals surface area contributed by atoms with E-state index < -0.39 is 5.91 Å². The Labute approximate surface area is 150 Å². The van der Waals surface area contributed by atoms with E-state index in [1.807, 2.05) is 23.2 Å². The maximum absolute atomic E-state index is 11.1. The van der Waals surface area contributed by atoms with Crippen LogP contribution in [-0.2, 0) is 11.4 Å². The van der Waals surface area contributed by atoms with E-state index in [9.17, 15) is 9.90 Å². The normalized spacial score (nSPS) is 16.8. The first-order valence-corrected chi connectivity index (χ1v) is 8.42. The molecule has 1 aromatic heterocycles. The Balaban J connectivity index is 1.85. The first-order valence-electron chi connectivity index (χ1n) is 8.42. The van der Waals surface area contributed by atoms with E-state index in [4.69, 9.17) is 5.21 Å². The van der Waals surface area contributed by atoms with Crippen LogP contribution in [0.25, 0.3) is 11.0 Å². The fourth-order valence-electron chi connectivity index (χ4n) is 3.04. The number of aliphatic hydroxyl groups excluding tert-OH is 1. The van der Waals surface area contributed by atoms with Crippen molar-refractivity contribution in [3.8, 4) is 0 Å². The Morgan fingerprint density at radius 1 is 1.46 bits per heavy atom. The monoisotopic (exact) mass is 358 g/mol. The van der Waals surface area contributed by atoms with Gasteiger partial charge in [-0.1, -0.05) is 31.2 Å². The molecule has 26 heavy (non-hydrogen) atoms. The molecule has 0 bridgehead atoms. The zero-order valence-corrected chi connectivity index (χ0v) is 14.7. The number of aromatic amines is 1. The van der Waals surface area contributed by atoms with Gasteiger partial charge in [0.05, 0.1) is 29.9 Å². The second kappa shape index (κ2) is 7.63. The minimum Gasteiger partial charge on any atom is -0.392 e. The number of nitrogens with one attached hydrogen (secondary N) is 2. The third-order valence-electron chi connectivity index (χ3n) is 4.28. The van der Waals surface area contributed by atoms with Gasteiger partial charge in [-0.05, 0) is 18.1 Å². The lowest BCUT2D eigenvalue weighted by Gasteiger charge is -2.26. The van der Waals surface area contributed by atoms with Crippen LogP contribution in [0.3, 0.4) is 0 Å². The maximum Gasteiger partial charge on any atom is 0.247 e. The van der Waals surface area contributed by atoms with Crippen LogP contribution in [0.15, 0.2) is 40.3 Å². The molecule has 1 unspecified atom stereocenters. The van der Waals surface area contributed by atoms with Crippen LogP contribution in [0.4, 0.5) is 0 Å². The highest BCUT2D eigenvalue weighted by Gasteiger charge is 2.29. The minimum absolute atomic E-state index is 0.0372. The van der Waals surface area contributed by atoms with E-state index in [-0.39, 0.29) is 25.0 Å². The third-order valence-corrected chi connectivity index (χ3v) is 4.28. The zero-order valence-electron chi connectivity index (χ0n) is 14.7. The number of rotatable bonds is 6. The van der Waals surface area contributed by atoms with Crippen molar-refractivity contribution in [3.05, 3.63) is 41.4 Å². The third kappa shape index (κ3) is 3.58. The number of para-hydroxylation sites is 1. The average molecular weight is 358 g/mol. The van der Waals surface area contributed by atoms with Crippen LogP contribution < -0.4 is 5.48 Å². The molecular weight excluding hydrogens is 336 g/mol. The Morgan fingerprint density at radius 3 is 2.96 bits per heavy atom. The van der Waals surface area contributed by atoms with Crippen LogP contribution in [-0.4, -0.2) is 37.7 Å². The summed E-state index contributed by atoms with van der Waals surface area (Å²) in [6.45, 7) is 4.52. The fraction of sp³-hybridized carbons (Fsp3) is 0.412. The molecule has 0 saturated carbocycles. The summed E-state index contributed by atoms with van der Waals surface area (Å²) in [5.74, 6) is 0.455. The van der Waals surface area contributed by atoms with Crippen LogP contribution in [0.1, 0.15) is 37.7 Å². The van der Waals surface area contributed by atoms with Gasteiger partial charge in [0.15, 0.2) is 0 Å². The number of carbonyl (C=O) groups is 1. The predicted octanol–water partition coefficient (Wildman–Crippen LogP) is 2.21. The molecule has 0 aliphatic carbocycles. The number of hydrogen-bond acceptors (Lipinski definition) is 7. The number of aliphatic hydroxyl groups is 1. The molecule has 1 aliphatic rings. The number of nitrogens with zero attached hydrogens (tertiary/aromatic N) is 4. The molecule has 1 aliphatic heterocycles. The number of imidazole rings is 1. The van der Waals surface area contributed by atoms with Gasteiger partial charge in [-0.15, -0.1) is 5.11 Å². The Morgan fingerprint density at radius 2 is 2.27 bits per heavy atom. The molecule has 0 saturated heterocycles. The zero-order chi connectivity index (χ0) is 18.7. The highest BCUT2D eigenvalue weighted by atomic mass is 16.5. The minimum atomic E-state index is -0.500. The van der Waals surface area contributed by atoms with E-state index in [0.29, 0.717) is 12.2 Å². The first-order chi connectivity index (χ1) is 12.5. The lowest BCUT2D eigenvalue weighted by Crippen LogP contribution is -2.27. The maximum atomic E-state index is 11.1. The quantitative estimate of drug-likeness (QED) is 0.465. The van der Waals surface area contributed by atoms with E-state index >= 15 is 0 Å². The van der Waals surface area contributed by atoms with Gasteiger partial charge in [0.1, 0.15) is 11.9 Å². The molecule has 4 N–H and O–H groups in total. The molecule has 1 amide bonds. The van der Waals surface area contributed by atoms with Crippen molar-refractivity contribution in [2.45, 2.75) is 32.9 Å². The largest absolute Gasteiger partial charge is 0.392 e. The smallest absolute Gasteiger partial charge is 0.247 e. The number of carbonyl (C=O) groups excluding carboxylic acids is 1. The number of fused-ring (bicyclic) bond motifs is 1. The van der Waals surface area contributed by atoms with Gasteiger partial charge in [0.2, 0.25) is 5.91 Å². The van der Waals surface area contributed by atoms with Crippen molar-refractivity contribution in [2.75, 3.05) is 6.54 Å². The van der Waals surface area contributed by atoms with Crippen LogP contribution in [0, 0.1) is 5.92 Å². The Hall–Kier alpha value is -2.78. The average Bonchev–Trinajstić information content (AvgIpc) is 3.26. The topological polar surface area (TPSA) is 126 Å². The standard InChI is InChI=1S/C17H22N6O3/c1-10(2)16(23-8-12(20-22-23)6-7-14(25)21-26)17-18-13-5-3-4-11(9-24)15(13)19-17/h3-6,10,16,24,26H,7-9H2,1-2H3,(H,18,19)(H,21,25)/b12-6-. The number of amides is 1. The van der Waals surface area contributed by atoms with Crippen molar-refractivity contribution in [1.29, 1.82) is 0 Å². The molecular formula is C17H22N6O3. The summed E-state index contributed by atoms with van der Waals surface area (Å²) in [5.41, 5.74) is 4.63. The Bertz CT molecular complexity index is 857. The van der Waals surface area contributed by atoms with Crippen LogP contribution >= 0.6 is 0 Å². The second-order valence-electron chi connectivity index (χ2n) is 6.50. The first kappa shape index (κ1) is 18.0. The van der Waals surface area contributed by atoms with Gasteiger partial charge in [-0.2, -0.15) is 0 Å². The van der Waals surface area contributed by atoms with Crippen molar-refractivity contribution in [2.24, 2.45) is 16.3 Å². The molecule has 0 radical (unpaired) electrons. The van der Waals surface area contributed by atoms with Crippen LogP contribution in [0.5, 0.6) is 0 Å². The number of H-pyrrole nitrogens is 1. The summed E-state index contributed by atoms with van der Waals surface area (Å²) in [6, 6.07) is 5.52. The second-order valence-corrected chi connectivity index (χ2v) is 6.50. The molecule has 0 spiro atoms. The number of hydroxylamine groups is 1. The number of aromatic nitrogens is 2. The number of hydrogen-bond donors (Lipinski definition) is 4. The van der Waals surface area contributed by atoms with E-state index in [1.165, 1.54) is 0 Å². The van der Waals surface area contributed by atoms with Gasteiger partial charge in [0, 0.05) is 12.0 Å². The van der Waals surface area contributed by atoms with Gasteiger partial charge in [-0.25, -0.2) is 10.5 Å². The molecule has 9 nitrogen and oxygen atoms in total.